The lowest BCUT2D eigenvalue weighted by molar-refractivity contribution is 0.561. The molecule has 0 spiro atoms. The van der Waals surface area contributed by atoms with E-state index < -0.39 is 0 Å². The Labute approximate surface area is 43.6 Å². The lowest BCUT2D eigenvalue weighted by Gasteiger charge is -2.11. The second-order valence-corrected chi connectivity index (χ2v) is 2.01. The minimum absolute atomic E-state index is 0.727. The van der Waals surface area contributed by atoms with Gasteiger partial charge in [0.15, 0.2) is 0 Å². The van der Waals surface area contributed by atoms with E-state index in [0.29, 0.717) is 0 Å². The van der Waals surface area contributed by atoms with E-state index in [4.69, 9.17) is 0 Å². The van der Waals surface area contributed by atoms with Gasteiger partial charge >= 0.3 is 0 Å². The summed E-state index contributed by atoms with van der Waals surface area (Å²) < 4.78 is 0. The number of hydrogen-bond acceptors (Lipinski definition) is 2. The summed E-state index contributed by atoms with van der Waals surface area (Å²) >= 11 is 0. The highest BCUT2D eigenvalue weighted by atomic mass is 15.0. The molecule has 1 heterocycles. The van der Waals surface area contributed by atoms with E-state index in [9.17, 15) is 0 Å². The summed E-state index contributed by atoms with van der Waals surface area (Å²) in [6.07, 6.45) is 1.78. The summed E-state index contributed by atoms with van der Waals surface area (Å²) in [6, 6.07) is 0. The van der Waals surface area contributed by atoms with Gasteiger partial charge in [0.25, 0.3) is 0 Å². The van der Waals surface area contributed by atoms with Crippen LogP contribution in [-0.2, 0) is 0 Å². The van der Waals surface area contributed by atoms with E-state index in [1.54, 1.807) is 6.34 Å². The molecule has 0 bridgehead atoms. The zero-order chi connectivity index (χ0) is 5.11. The fourth-order valence-electron chi connectivity index (χ4n) is 0.616. The van der Waals surface area contributed by atoms with Crippen molar-refractivity contribution in [2.75, 3.05) is 13.1 Å². The van der Waals surface area contributed by atoms with Crippen LogP contribution in [0.5, 0.6) is 0 Å². The van der Waals surface area contributed by atoms with Gasteiger partial charge in [0, 0.05) is 13.1 Å². The first-order chi connectivity index (χ1) is 3.39. The highest BCUT2D eigenvalue weighted by molar-refractivity contribution is 5.54. The van der Waals surface area contributed by atoms with Crippen molar-refractivity contribution in [3.05, 3.63) is 0 Å². The maximum absolute atomic E-state index is 4.02. The Hall–Kier alpha value is -0.530. The molecule has 1 atom stereocenters. The molecule has 0 fully saturated rings. The second-order valence-electron chi connectivity index (χ2n) is 2.01. The van der Waals surface area contributed by atoms with Gasteiger partial charge in [0.05, 0.1) is 6.34 Å². The van der Waals surface area contributed by atoms with Crippen LogP contribution >= 0.6 is 0 Å². The van der Waals surface area contributed by atoms with Crippen molar-refractivity contribution in [3.63, 3.8) is 0 Å². The Balaban J connectivity index is 2.32. The normalized spacial score (nSPS) is 29.6. The first-order valence-electron chi connectivity index (χ1n) is 2.61. The molecule has 0 aromatic carbocycles. The zero-order valence-corrected chi connectivity index (χ0v) is 4.52. The molecule has 1 rings (SSSR count). The Bertz CT molecular complexity index is 78.1. The Morgan fingerprint density at radius 2 is 2.71 bits per heavy atom. The molecule has 7 heavy (non-hydrogen) atoms. The number of rotatable bonds is 0. The molecule has 2 heteroatoms. The minimum atomic E-state index is 0.727. The monoisotopic (exact) mass is 98.1 g/mol. The van der Waals surface area contributed by atoms with Crippen LogP contribution in [0.2, 0.25) is 0 Å². The largest absolute Gasteiger partial charge is 0.376 e. The van der Waals surface area contributed by atoms with Gasteiger partial charge in [-0.05, 0) is 5.92 Å². The number of aliphatic imine (C=N–C) groups is 1. The summed E-state index contributed by atoms with van der Waals surface area (Å²) in [6.45, 7) is 4.26. The van der Waals surface area contributed by atoms with Crippen molar-refractivity contribution < 1.29 is 0 Å². The van der Waals surface area contributed by atoms with Crippen LogP contribution in [0.1, 0.15) is 6.92 Å². The average molecular weight is 98.1 g/mol. The first kappa shape index (κ1) is 4.62. The maximum Gasteiger partial charge on any atom is 0.0824 e. The van der Waals surface area contributed by atoms with Crippen molar-refractivity contribution in [2.45, 2.75) is 6.92 Å². The van der Waals surface area contributed by atoms with Gasteiger partial charge in [0.2, 0.25) is 0 Å². The molecule has 0 aromatic rings. The summed E-state index contributed by atoms with van der Waals surface area (Å²) in [4.78, 5) is 4.02. The van der Waals surface area contributed by atoms with Gasteiger partial charge in [-0.3, -0.25) is 4.99 Å². The molecule has 0 saturated carbocycles. The summed E-state index contributed by atoms with van der Waals surface area (Å²) in [5.74, 6) is 0.727. The molecule has 2 nitrogen and oxygen atoms in total. The van der Waals surface area contributed by atoms with E-state index in [1.807, 2.05) is 0 Å². The zero-order valence-electron chi connectivity index (χ0n) is 4.52. The van der Waals surface area contributed by atoms with E-state index in [1.165, 1.54) is 0 Å². The molecule has 0 radical (unpaired) electrons. The Kier molecular flexibility index (Phi) is 1.29. The third-order valence-electron chi connectivity index (χ3n) is 1.07. The summed E-state index contributed by atoms with van der Waals surface area (Å²) in [5.41, 5.74) is 0. The quantitative estimate of drug-likeness (QED) is 0.461. The topological polar surface area (TPSA) is 24.4 Å². The molecule has 0 amide bonds. The molecular formula is C5H10N2. The van der Waals surface area contributed by atoms with E-state index >= 15 is 0 Å². The van der Waals surface area contributed by atoms with Gasteiger partial charge in [-0.15, -0.1) is 0 Å². The molecule has 0 aromatic heterocycles. The molecule has 1 aliphatic heterocycles. The minimum Gasteiger partial charge on any atom is -0.376 e. The van der Waals surface area contributed by atoms with Crippen LogP contribution in [0.15, 0.2) is 4.99 Å². The fraction of sp³-hybridized carbons (Fsp3) is 0.800. The molecule has 1 unspecified atom stereocenters. The summed E-state index contributed by atoms with van der Waals surface area (Å²) in [5, 5.41) is 3.04. The maximum atomic E-state index is 4.02. The highest BCUT2D eigenvalue weighted by Crippen LogP contribution is 1.94. The van der Waals surface area contributed by atoms with Gasteiger partial charge < -0.3 is 5.32 Å². The Morgan fingerprint density at radius 3 is 3.00 bits per heavy atom. The van der Waals surface area contributed by atoms with Crippen molar-refractivity contribution >= 4 is 6.34 Å². The molecular weight excluding hydrogens is 88.1 g/mol. The lowest BCUT2D eigenvalue weighted by Crippen LogP contribution is -2.26. The fourth-order valence-corrected chi connectivity index (χ4v) is 0.616. The van der Waals surface area contributed by atoms with Crippen molar-refractivity contribution in [1.82, 2.24) is 5.32 Å². The molecule has 0 aliphatic carbocycles. The van der Waals surface area contributed by atoms with E-state index in [2.05, 4.69) is 17.2 Å². The van der Waals surface area contributed by atoms with Crippen LogP contribution in [0, 0.1) is 5.92 Å². The van der Waals surface area contributed by atoms with Crippen LogP contribution in [0.4, 0.5) is 0 Å². The van der Waals surface area contributed by atoms with E-state index in [0.717, 1.165) is 19.0 Å². The third kappa shape index (κ3) is 1.18. The first-order valence-corrected chi connectivity index (χ1v) is 2.61. The number of nitrogens with zero attached hydrogens (tertiary/aromatic N) is 1. The number of hydrogen-bond donors (Lipinski definition) is 1. The lowest BCUT2D eigenvalue weighted by atomic mass is 10.2. The summed E-state index contributed by atoms with van der Waals surface area (Å²) in [7, 11) is 0. The highest BCUT2D eigenvalue weighted by Gasteiger charge is 2.00. The van der Waals surface area contributed by atoms with Crippen molar-refractivity contribution in [1.29, 1.82) is 0 Å². The van der Waals surface area contributed by atoms with E-state index in [-0.39, 0.29) is 0 Å². The predicted octanol–water partition coefficient (Wildman–Crippen LogP) is 0.254. The van der Waals surface area contributed by atoms with Crippen LogP contribution in [-0.4, -0.2) is 19.4 Å². The molecule has 1 aliphatic rings. The smallest absolute Gasteiger partial charge is 0.0824 e. The van der Waals surface area contributed by atoms with Crippen LogP contribution in [0.3, 0.4) is 0 Å². The molecule has 40 valence electrons. The molecule has 0 saturated heterocycles. The molecule has 1 N–H and O–H groups in total. The van der Waals surface area contributed by atoms with Crippen molar-refractivity contribution in [2.24, 2.45) is 10.9 Å². The second kappa shape index (κ2) is 1.96. The van der Waals surface area contributed by atoms with Gasteiger partial charge in [-0.2, -0.15) is 0 Å². The standard InChI is InChI=1S/C5H10N2/c1-5-2-6-4-7-3-5/h4-5H,2-3H2,1H3,(H,6,7). The number of nitrogens with one attached hydrogen (secondary N) is 1. The van der Waals surface area contributed by atoms with Gasteiger partial charge in [-0.1, -0.05) is 6.92 Å². The van der Waals surface area contributed by atoms with Gasteiger partial charge in [-0.25, -0.2) is 0 Å². The predicted molar refractivity (Wildman–Crippen MR) is 30.5 cm³/mol. The van der Waals surface area contributed by atoms with Gasteiger partial charge in [0.1, 0.15) is 0 Å². The van der Waals surface area contributed by atoms with Crippen LogP contribution in [0.25, 0.3) is 0 Å². The van der Waals surface area contributed by atoms with Crippen molar-refractivity contribution in [3.8, 4) is 0 Å². The third-order valence-corrected chi connectivity index (χ3v) is 1.07. The SMILES string of the molecule is CC1CN=CNC1. The average Bonchev–Trinajstić information content (AvgIpc) is 1.69. The Morgan fingerprint density at radius 1 is 1.86 bits per heavy atom. The van der Waals surface area contributed by atoms with Crippen LogP contribution < -0.4 is 5.32 Å².